The first-order valence-electron chi connectivity index (χ1n) is 13.5. The van der Waals surface area contributed by atoms with Gasteiger partial charge in [-0.2, -0.15) is 0 Å². The summed E-state index contributed by atoms with van der Waals surface area (Å²) < 4.78 is 24.6. The number of carboxylic acids is 1. The molecule has 11 heteroatoms. The summed E-state index contributed by atoms with van der Waals surface area (Å²) in [4.78, 5) is 28.5. The zero-order chi connectivity index (χ0) is 27.9. The van der Waals surface area contributed by atoms with Crippen molar-refractivity contribution in [1.82, 2.24) is 9.47 Å². The summed E-state index contributed by atoms with van der Waals surface area (Å²) in [5, 5.41) is 14.8. The van der Waals surface area contributed by atoms with E-state index in [9.17, 15) is 14.7 Å². The number of morpholine rings is 1. The molecule has 0 spiro atoms. The number of pyridine rings is 1. The summed E-state index contributed by atoms with van der Waals surface area (Å²) in [5.41, 5.74) is 2.47. The molecule has 4 aromatic rings. The second-order valence-electron chi connectivity index (χ2n) is 10.2. The topological polar surface area (TPSA) is 102 Å². The Morgan fingerprint density at radius 3 is 2.62 bits per heavy atom. The summed E-state index contributed by atoms with van der Waals surface area (Å²) >= 11 is 1.35. The van der Waals surface area contributed by atoms with Gasteiger partial charge in [0.2, 0.25) is 6.79 Å². The molecular formula is C31H27LiN2O7S. The first-order chi connectivity index (χ1) is 20.1. The van der Waals surface area contributed by atoms with Gasteiger partial charge in [-0.05, 0) is 29.1 Å². The first kappa shape index (κ1) is 28.7. The number of thioether (sulfide) groups is 1. The van der Waals surface area contributed by atoms with E-state index in [0.717, 1.165) is 27.5 Å². The number of hydrogen-bond donors (Lipinski definition) is 0. The number of rotatable bonds is 7. The van der Waals surface area contributed by atoms with E-state index >= 15 is 0 Å². The number of benzene rings is 3. The minimum Gasteiger partial charge on any atom is -0.548 e. The fraction of sp³-hybridized carbons (Fsp3) is 0.290. The quantitative estimate of drug-likeness (QED) is 0.285. The fourth-order valence-corrected chi connectivity index (χ4v) is 7.06. The molecule has 3 aliphatic rings. The Kier molecular flexibility index (Phi) is 8.25. The van der Waals surface area contributed by atoms with Crippen LogP contribution in [0.25, 0.3) is 21.9 Å². The average Bonchev–Trinajstić information content (AvgIpc) is 3.66. The number of fused-ring (bicyclic) bond motifs is 3. The Balaban J connectivity index is 0.00000316. The van der Waals surface area contributed by atoms with Crippen LogP contribution in [0.4, 0.5) is 0 Å². The second kappa shape index (κ2) is 12.1. The maximum Gasteiger partial charge on any atom is 1.00 e. The van der Waals surface area contributed by atoms with Crippen molar-refractivity contribution >= 4 is 28.5 Å². The number of aliphatic carboxylic acids is 1. The van der Waals surface area contributed by atoms with Gasteiger partial charge in [0, 0.05) is 47.5 Å². The molecule has 0 saturated carbocycles. The zero-order valence-electron chi connectivity index (χ0n) is 23.2. The van der Waals surface area contributed by atoms with Gasteiger partial charge in [-0.1, -0.05) is 42.5 Å². The molecule has 3 aromatic carbocycles. The maximum atomic E-state index is 14.2. The van der Waals surface area contributed by atoms with Crippen molar-refractivity contribution in [3.63, 3.8) is 0 Å². The van der Waals surface area contributed by atoms with Crippen molar-refractivity contribution < 1.29 is 47.7 Å². The van der Waals surface area contributed by atoms with Gasteiger partial charge in [0.25, 0.3) is 5.56 Å². The molecule has 0 aliphatic carbocycles. The van der Waals surface area contributed by atoms with Gasteiger partial charge in [-0.3, -0.25) is 14.3 Å². The van der Waals surface area contributed by atoms with Gasteiger partial charge in [0.1, 0.15) is 12.4 Å². The standard InChI is InChI=1S/C31H28N2O7S.Li/c34-29-22(15-32-10-12-37-13-11-32)23(16-38-25-7-3-5-19-4-1-2-6-21(19)25)28(30-33(29)24(17-41-30)31(35)36)20-8-9-26-27(14-20)40-18-39-26;/h1-9,14,24H,10-13,15-18H2,(H,35,36);/q;+1/p-1/t24-;/m0./s1. The molecule has 210 valence electrons. The molecule has 7 rings (SSSR count). The van der Waals surface area contributed by atoms with Gasteiger partial charge in [-0.15, -0.1) is 11.8 Å². The van der Waals surface area contributed by atoms with Crippen LogP contribution in [0.3, 0.4) is 0 Å². The van der Waals surface area contributed by atoms with Gasteiger partial charge < -0.3 is 28.8 Å². The molecule has 0 unspecified atom stereocenters. The molecule has 1 saturated heterocycles. The summed E-state index contributed by atoms with van der Waals surface area (Å²) in [5.74, 6) is 0.883. The van der Waals surface area contributed by atoms with Crippen LogP contribution < -0.4 is 43.7 Å². The van der Waals surface area contributed by atoms with Crippen molar-refractivity contribution in [2.24, 2.45) is 0 Å². The molecule has 0 amide bonds. The van der Waals surface area contributed by atoms with Crippen LogP contribution in [-0.4, -0.2) is 54.3 Å². The maximum absolute atomic E-state index is 14.2. The minimum absolute atomic E-state index is 0. The Labute approximate surface area is 258 Å². The van der Waals surface area contributed by atoms with Crippen LogP contribution in [-0.2, 0) is 22.7 Å². The van der Waals surface area contributed by atoms with Crippen LogP contribution in [0.15, 0.2) is 70.5 Å². The van der Waals surface area contributed by atoms with E-state index in [1.54, 1.807) is 0 Å². The average molecular weight is 579 g/mol. The summed E-state index contributed by atoms with van der Waals surface area (Å²) in [6, 6.07) is 18.5. The third-order valence-corrected chi connectivity index (χ3v) is 8.96. The third-order valence-electron chi connectivity index (χ3n) is 7.81. The van der Waals surface area contributed by atoms with E-state index in [1.807, 2.05) is 60.7 Å². The minimum atomic E-state index is -1.27. The Morgan fingerprint density at radius 1 is 1.00 bits per heavy atom. The van der Waals surface area contributed by atoms with Crippen molar-refractivity contribution in [2.75, 3.05) is 38.8 Å². The van der Waals surface area contributed by atoms with Crippen LogP contribution in [0.2, 0.25) is 0 Å². The van der Waals surface area contributed by atoms with E-state index in [-0.39, 0.29) is 43.6 Å². The molecule has 4 heterocycles. The molecule has 1 atom stereocenters. The number of hydrogen-bond acceptors (Lipinski definition) is 9. The van der Waals surface area contributed by atoms with Crippen LogP contribution >= 0.6 is 11.8 Å². The number of nitrogens with zero attached hydrogens (tertiary/aromatic N) is 2. The molecule has 3 aliphatic heterocycles. The van der Waals surface area contributed by atoms with Crippen LogP contribution in [0.5, 0.6) is 17.2 Å². The van der Waals surface area contributed by atoms with Crippen molar-refractivity contribution in [3.05, 3.63) is 82.1 Å². The number of aromatic nitrogens is 1. The van der Waals surface area contributed by atoms with Crippen molar-refractivity contribution in [1.29, 1.82) is 0 Å². The zero-order valence-corrected chi connectivity index (χ0v) is 24.0. The monoisotopic (exact) mass is 578 g/mol. The van der Waals surface area contributed by atoms with Gasteiger partial charge in [0.15, 0.2) is 11.5 Å². The molecule has 9 nitrogen and oxygen atoms in total. The largest absolute Gasteiger partial charge is 1.00 e. The van der Waals surface area contributed by atoms with E-state index < -0.39 is 12.0 Å². The fourth-order valence-electron chi connectivity index (χ4n) is 5.72. The predicted molar refractivity (Wildman–Crippen MR) is 151 cm³/mol. The van der Waals surface area contributed by atoms with E-state index in [4.69, 9.17) is 18.9 Å². The molecule has 42 heavy (non-hydrogen) atoms. The predicted octanol–water partition coefficient (Wildman–Crippen LogP) is 0.209. The second-order valence-corrected chi connectivity index (χ2v) is 11.2. The van der Waals surface area contributed by atoms with Crippen LogP contribution in [0, 0.1) is 0 Å². The SMILES string of the molecule is O=C([O-])[C@@H]1CSc2c(-c3ccc4c(c3)OCO4)c(COc3cccc4ccccc34)c(CN3CCOCC3)c(=O)n21.[Li+]. The first-order valence-corrected chi connectivity index (χ1v) is 14.5. The Morgan fingerprint density at radius 2 is 1.79 bits per heavy atom. The molecular weight excluding hydrogens is 551 g/mol. The van der Waals surface area contributed by atoms with Crippen molar-refractivity contribution in [3.8, 4) is 28.4 Å². The Bertz CT molecular complexity index is 1710. The molecule has 0 N–H and O–H groups in total. The Hall–Kier alpha value is -3.39. The van der Waals surface area contributed by atoms with E-state index in [2.05, 4.69) is 4.90 Å². The molecule has 1 fully saturated rings. The van der Waals surface area contributed by atoms with Gasteiger partial charge >= 0.3 is 18.9 Å². The number of carbonyl (C=O) groups excluding carboxylic acids is 1. The summed E-state index contributed by atoms with van der Waals surface area (Å²) in [6.07, 6.45) is 0. The number of ether oxygens (including phenoxy) is 4. The third kappa shape index (κ3) is 5.19. The summed E-state index contributed by atoms with van der Waals surface area (Å²) in [7, 11) is 0. The van der Waals surface area contributed by atoms with E-state index in [1.165, 1.54) is 16.3 Å². The molecule has 0 radical (unpaired) electrons. The normalized spacial score (nSPS) is 17.6. The number of carboxylic acid groups (broad SMARTS) is 1. The smallest absolute Gasteiger partial charge is 0.548 e. The van der Waals surface area contributed by atoms with Gasteiger partial charge in [0.05, 0.1) is 30.3 Å². The summed E-state index contributed by atoms with van der Waals surface area (Å²) in [6.45, 7) is 3.08. The van der Waals surface area contributed by atoms with Gasteiger partial charge in [-0.25, -0.2) is 0 Å². The van der Waals surface area contributed by atoms with Crippen LogP contribution in [0.1, 0.15) is 17.2 Å². The molecule has 0 bridgehead atoms. The van der Waals surface area contributed by atoms with E-state index in [0.29, 0.717) is 60.7 Å². The van der Waals surface area contributed by atoms with Crippen molar-refractivity contribution in [2.45, 2.75) is 24.2 Å². The number of carbonyl (C=O) groups is 1. The molecule has 1 aromatic heterocycles.